The highest BCUT2D eigenvalue weighted by molar-refractivity contribution is 5.97. The highest BCUT2D eigenvalue weighted by atomic mass is 16.3. The molecule has 4 rings (SSSR count). The van der Waals surface area contributed by atoms with Crippen molar-refractivity contribution in [2.75, 3.05) is 19.6 Å². The molecule has 12 N–H and O–H groups in total. The summed E-state index contributed by atoms with van der Waals surface area (Å²) in [6.07, 6.45) is 0.406. The van der Waals surface area contributed by atoms with Gasteiger partial charge in [0.2, 0.25) is 29.5 Å². The lowest BCUT2D eigenvalue weighted by Crippen LogP contribution is -2.58. The molecule has 1 aliphatic heterocycles. The second-order valence-corrected chi connectivity index (χ2v) is 12.6. The summed E-state index contributed by atoms with van der Waals surface area (Å²) >= 11 is 0. The summed E-state index contributed by atoms with van der Waals surface area (Å²) in [6, 6.07) is 12.7. The number of rotatable bonds is 12. The number of fused-ring (bicyclic) bond motifs is 1. The molecule has 0 aromatic heterocycles. The number of phenolic OH excluding ortho intramolecular Hbond substituents is 1. The van der Waals surface area contributed by atoms with E-state index < -0.39 is 72.3 Å². The Balaban J connectivity index is 1.66. The Morgan fingerprint density at radius 3 is 1.70 bits per heavy atom. The highest BCUT2D eigenvalue weighted by Gasteiger charge is 2.32. The van der Waals surface area contributed by atoms with E-state index in [9.17, 15) is 38.7 Å². The molecule has 1 heterocycles. The predicted octanol–water partition coefficient (Wildman–Crippen LogP) is -0.703. The standard InChI is InChI=1S/C36H45N9O8/c37-35(52)39-15-3-7-26-32(49)43-27(8-4-16-40-36(38)53)33(50)45-28(19-22-9-12-23-5-1-2-6-24(23)17-22)31(48)41-20-30(47)42-29(34(51)44-26)18-21-10-13-25(46)14-11-21/h1-2,5-6,9-14,17,26-29,46H,3-4,7-8,15-16,18-20H2,(H,41,48)(H,42,47)(H,43,49)(H,44,51)(H,45,50)(H3,37,39,52)(H3,38,40,53)/t26-,27-,28-,29+/m0/s1. The molecule has 0 unspecified atom stereocenters. The molecular formula is C36H45N9O8. The minimum absolute atomic E-state index is 0.0000703. The first-order valence-corrected chi connectivity index (χ1v) is 17.2. The number of carbonyl (C=O) groups is 7. The first-order chi connectivity index (χ1) is 25.4. The highest BCUT2D eigenvalue weighted by Crippen LogP contribution is 2.17. The van der Waals surface area contributed by atoms with Crippen LogP contribution < -0.4 is 48.7 Å². The monoisotopic (exact) mass is 731 g/mol. The van der Waals surface area contributed by atoms with E-state index in [1.807, 2.05) is 42.5 Å². The molecule has 0 saturated carbocycles. The fraction of sp³-hybridized carbons (Fsp3) is 0.361. The quantitative estimate of drug-likeness (QED) is 0.106. The Hall–Kier alpha value is -6.39. The lowest BCUT2D eigenvalue weighted by molar-refractivity contribution is -0.134. The zero-order valence-electron chi connectivity index (χ0n) is 29.0. The van der Waals surface area contributed by atoms with E-state index in [1.54, 1.807) is 12.1 Å². The Bertz CT molecular complexity index is 1800. The van der Waals surface area contributed by atoms with Crippen LogP contribution >= 0.6 is 0 Å². The largest absolute Gasteiger partial charge is 0.508 e. The van der Waals surface area contributed by atoms with Gasteiger partial charge in [-0.05, 0) is 59.7 Å². The van der Waals surface area contributed by atoms with Crippen molar-refractivity contribution in [2.45, 2.75) is 62.7 Å². The average molecular weight is 732 g/mol. The molecule has 1 fully saturated rings. The first-order valence-electron chi connectivity index (χ1n) is 17.2. The topological polar surface area (TPSA) is 276 Å². The van der Waals surface area contributed by atoms with Gasteiger partial charge in [-0.1, -0.05) is 54.6 Å². The summed E-state index contributed by atoms with van der Waals surface area (Å²) < 4.78 is 0. The molecule has 0 bridgehead atoms. The second kappa shape index (κ2) is 19.3. The molecule has 1 aliphatic rings. The van der Waals surface area contributed by atoms with Gasteiger partial charge in [0.15, 0.2) is 0 Å². The normalized spacial score (nSPS) is 20.0. The van der Waals surface area contributed by atoms with E-state index in [0.717, 1.165) is 10.8 Å². The minimum atomic E-state index is -1.24. The average Bonchev–Trinajstić information content (AvgIpc) is 3.12. The summed E-state index contributed by atoms with van der Waals surface area (Å²) in [5, 5.41) is 29.7. The number of primary amides is 2. The number of carbonyl (C=O) groups excluding carboxylic acids is 7. The summed E-state index contributed by atoms with van der Waals surface area (Å²) in [5.41, 5.74) is 11.6. The summed E-state index contributed by atoms with van der Waals surface area (Å²) in [7, 11) is 0. The number of nitrogens with one attached hydrogen (secondary N) is 7. The molecular weight excluding hydrogens is 686 g/mol. The third-order valence-corrected chi connectivity index (χ3v) is 8.54. The van der Waals surface area contributed by atoms with Gasteiger partial charge in [-0.15, -0.1) is 0 Å². The van der Waals surface area contributed by atoms with Crippen LogP contribution in [0.2, 0.25) is 0 Å². The van der Waals surface area contributed by atoms with Crippen molar-refractivity contribution in [2.24, 2.45) is 11.5 Å². The summed E-state index contributed by atoms with van der Waals surface area (Å²) in [4.78, 5) is 90.8. The van der Waals surface area contributed by atoms with Gasteiger partial charge in [0.25, 0.3) is 0 Å². The zero-order valence-corrected chi connectivity index (χ0v) is 29.0. The van der Waals surface area contributed by atoms with Gasteiger partial charge >= 0.3 is 12.1 Å². The van der Waals surface area contributed by atoms with Crippen molar-refractivity contribution >= 4 is 52.4 Å². The van der Waals surface area contributed by atoms with E-state index >= 15 is 0 Å². The number of hydrogen-bond donors (Lipinski definition) is 10. The third-order valence-electron chi connectivity index (χ3n) is 8.54. The SMILES string of the molecule is NC(=O)NCCC[C@@H]1NC(=O)[C@H](CCCNC(N)=O)NC(=O)[C@@H](Cc2ccc(O)cc2)NC(=O)CNC(=O)[C@H](Cc2ccc3ccccc3c2)NC1=O. The lowest BCUT2D eigenvalue weighted by Gasteiger charge is -2.26. The molecule has 0 radical (unpaired) electrons. The first kappa shape index (κ1) is 39.4. The number of hydrogen-bond acceptors (Lipinski definition) is 8. The van der Waals surface area contributed by atoms with Crippen LogP contribution in [0.5, 0.6) is 5.75 Å². The number of aromatic hydroxyl groups is 1. The van der Waals surface area contributed by atoms with Crippen molar-refractivity contribution in [1.29, 1.82) is 0 Å². The molecule has 0 aliphatic carbocycles. The van der Waals surface area contributed by atoms with Gasteiger partial charge < -0.3 is 53.8 Å². The fourth-order valence-electron chi connectivity index (χ4n) is 5.81. The third kappa shape index (κ3) is 12.7. The van der Waals surface area contributed by atoms with E-state index in [1.165, 1.54) is 12.1 Å². The molecule has 0 spiro atoms. The smallest absolute Gasteiger partial charge is 0.312 e. The van der Waals surface area contributed by atoms with Gasteiger partial charge in [0.1, 0.15) is 29.9 Å². The van der Waals surface area contributed by atoms with Crippen molar-refractivity contribution in [3.8, 4) is 5.75 Å². The Labute approximate surface area is 305 Å². The van der Waals surface area contributed by atoms with Crippen molar-refractivity contribution in [3.63, 3.8) is 0 Å². The molecule has 53 heavy (non-hydrogen) atoms. The molecule has 3 aromatic rings. The number of nitrogens with two attached hydrogens (primary N) is 2. The van der Waals surface area contributed by atoms with E-state index in [4.69, 9.17) is 11.5 Å². The van der Waals surface area contributed by atoms with E-state index in [0.29, 0.717) is 11.1 Å². The van der Waals surface area contributed by atoms with Crippen LogP contribution in [0.1, 0.15) is 36.8 Å². The van der Waals surface area contributed by atoms with Gasteiger partial charge in [-0.3, -0.25) is 24.0 Å². The van der Waals surface area contributed by atoms with Crippen molar-refractivity contribution < 1.29 is 38.7 Å². The number of phenols is 1. The number of amides is 9. The van der Waals surface area contributed by atoms with Crippen molar-refractivity contribution in [1.82, 2.24) is 37.2 Å². The number of urea groups is 2. The predicted molar refractivity (Wildman–Crippen MR) is 194 cm³/mol. The fourth-order valence-corrected chi connectivity index (χ4v) is 5.81. The van der Waals surface area contributed by atoms with Crippen LogP contribution in [0.15, 0.2) is 66.7 Å². The molecule has 1 saturated heterocycles. The maximum atomic E-state index is 13.9. The molecule has 17 nitrogen and oxygen atoms in total. The Kier molecular flexibility index (Phi) is 14.3. The minimum Gasteiger partial charge on any atom is -0.508 e. The van der Waals surface area contributed by atoms with Gasteiger partial charge in [0.05, 0.1) is 6.54 Å². The van der Waals surface area contributed by atoms with Crippen LogP contribution in [0.4, 0.5) is 9.59 Å². The van der Waals surface area contributed by atoms with Gasteiger partial charge in [0, 0.05) is 25.9 Å². The Morgan fingerprint density at radius 1 is 0.623 bits per heavy atom. The maximum Gasteiger partial charge on any atom is 0.312 e. The second-order valence-electron chi connectivity index (χ2n) is 12.6. The van der Waals surface area contributed by atoms with Crippen LogP contribution in [0.25, 0.3) is 10.8 Å². The van der Waals surface area contributed by atoms with E-state index in [2.05, 4.69) is 37.2 Å². The lowest BCUT2D eigenvalue weighted by atomic mass is 10.0. The molecule has 3 aromatic carbocycles. The zero-order chi connectivity index (χ0) is 38.3. The van der Waals surface area contributed by atoms with Crippen LogP contribution in [-0.4, -0.2) is 90.5 Å². The van der Waals surface area contributed by atoms with Gasteiger partial charge in [-0.2, -0.15) is 0 Å². The van der Waals surface area contributed by atoms with Crippen molar-refractivity contribution in [3.05, 3.63) is 77.9 Å². The molecule has 4 atom stereocenters. The Morgan fingerprint density at radius 2 is 1.11 bits per heavy atom. The van der Waals surface area contributed by atoms with E-state index in [-0.39, 0.29) is 57.4 Å². The van der Waals surface area contributed by atoms with Gasteiger partial charge in [-0.25, -0.2) is 9.59 Å². The molecule has 9 amide bonds. The number of benzene rings is 3. The van der Waals surface area contributed by atoms with Crippen LogP contribution in [-0.2, 0) is 36.8 Å². The van der Waals surface area contributed by atoms with Crippen LogP contribution in [0, 0.1) is 0 Å². The summed E-state index contributed by atoms with van der Waals surface area (Å²) in [6.45, 7) is -0.374. The van der Waals surface area contributed by atoms with Crippen LogP contribution in [0.3, 0.4) is 0 Å². The molecule has 17 heteroatoms. The summed E-state index contributed by atoms with van der Waals surface area (Å²) in [5.74, 6) is -3.61. The maximum absolute atomic E-state index is 13.9. The molecule has 282 valence electrons.